The van der Waals surface area contributed by atoms with E-state index in [4.69, 9.17) is 0 Å². The first-order valence-electron chi connectivity index (χ1n) is 10.3. The molecule has 0 bridgehead atoms. The lowest BCUT2D eigenvalue weighted by molar-refractivity contribution is -0.116. The number of tetrazole rings is 1. The smallest absolute Gasteiger partial charge is 0.238 e. The van der Waals surface area contributed by atoms with Crippen molar-refractivity contribution in [2.24, 2.45) is 0 Å². The summed E-state index contributed by atoms with van der Waals surface area (Å²) in [6, 6.07) is 18.8. The molecule has 0 spiro atoms. The van der Waals surface area contributed by atoms with Gasteiger partial charge in [0.25, 0.3) is 0 Å². The number of nitrogens with zero attached hydrogens (tertiary/aromatic N) is 5. The number of aromatic nitrogens is 4. The number of rotatable bonds is 5. The number of benzene rings is 2. The Morgan fingerprint density at radius 2 is 1.83 bits per heavy atom. The zero-order chi connectivity index (χ0) is 20.3. The number of carbonyl (C=O) groups is 1. The maximum Gasteiger partial charge on any atom is 0.238 e. The van der Waals surface area contributed by atoms with Crippen LogP contribution in [-0.4, -0.2) is 37.6 Å². The number of anilines is 1. The van der Waals surface area contributed by atoms with E-state index in [1.54, 1.807) is 0 Å². The van der Waals surface area contributed by atoms with E-state index in [2.05, 4.69) is 33.7 Å². The van der Waals surface area contributed by atoms with E-state index in [1.165, 1.54) is 24.6 Å². The minimum atomic E-state index is 0.0185. The van der Waals surface area contributed by atoms with Crippen molar-refractivity contribution in [3.8, 4) is 0 Å². The van der Waals surface area contributed by atoms with Crippen molar-refractivity contribution in [1.29, 1.82) is 0 Å². The fourth-order valence-corrected chi connectivity index (χ4v) is 6.24. The molecule has 1 aliphatic heterocycles. The first kappa shape index (κ1) is 19.6. The van der Waals surface area contributed by atoms with E-state index in [9.17, 15) is 4.79 Å². The molecule has 154 valence electrons. The van der Waals surface area contributed by atoms with Crippen LogP contribution in [0.5, 0.6) is 0 Å². The standard InChI is InChI=1S/C22H23N5OS2/c28-21(15-30-22-23-24-25-27(22)17-10-4-5-11-17)26-18-12-6-7-13-20(18)29-14-19(26)16-8-2-1-3-9-16/h1-3,6-9,12-13,17,19H,4-5,10-11,14-15H2/t19-/m0/s1. The second kappa shape index (κ2) is 8.81. The Hall–Kier alpha value is -2.32. The summed E-state index contributed by atoms with van der Waals surface area (Å²) in [4.78, 5) is 16.6. The van der Waals surface area contributed by atoms with Crippen LogP contribution in [0.15, 0.2) is 64.6 Å². The van der Waals surface area contributed by atoms with Gasteiger partial charge in [-0.1, -0.05) is 67.1 Å². The molecular weight excluding hydrogens is 414 g/mol. The lowest BCUT2D eigenvalue weighted by Crippen LogP contribution is -2.39. The summed E-state index contributed by atoms with van der Waals surface area (Å²) >= 11 is 3.25. The highest BCUT2D eigenvalue weighted by atomic mass is 32.2. The van der Waals surface area contributed by atoms with Gasteiger partial charge in [-0.25, -0.2) is 4.68 Å². The number of carbonyl (C=O) groups excluding carboxylic acids is 1. The highest BCUT2D eigenvalue weighted by molar-refractivity contribution is 8.00. The molecule has 0 unspecified atom stereocenters. The van der Waals surface area contributed by atoms with E-state index in [-0.39, 0.29) is 11.9 Å². The van der Waals surface area contributed by atoms with Gasteiger partial charge in [-0.05, 0) is 41.0 Å². The van der Waals surface area contributed by atoms with Crippen LogP contribution in [0, 0.1) is 0 Å². The van der Waals surface area contributed by atoms with Crippen LogP contribution >= 0.6 is 23.5 Å². The fourth-order valence-electron chi connectivity index (χ4n) is 4.27. The Balaban J connectivity index is 1.39. The van der Waals surface area contributed by atoms with Gasteiger partial charge in [0.05, 0.1) is 23.5 Å². The number of fused-ring (bicyclic) bond motifs is 1. The van der Waals surface area contributed by atoms with Gasteiger partial charge in [-0.15, -0.1) is 16.9 Å². The molecule has 1 amide bonds. The quantitative estimate of drug-likeness (QED) is 0.536. The van der Waals surface area contributed by atoms with Crippen LogP contribution in [0.4, 0.5) is 5.69 Å². The number of hydrogen-bond acceptors (Lipinski definition) is 6. The Kier molecular flexibility index (Phi) is 5.77. The maximum atomic E-state index is 13.5. The summed E-state index contributed by atoms with van der Waals surface area (Å²) in [6.07, 6.45) is 4.65. The topological polar surface area (TPSA) is 63.9 Å². The van der Waals surface area contributed by atoms with Gasteiger partial charge in [0.15, 0.2) is 0 Å². The van der Waals surface area contributed by atoms with E-state index < -0.39 is 0 Å². The minimum absolute atomic E-state index is 0.0185. The predicted octanol–water partition coefficient (Wildman–Crippen LogP) is 4.76. The molecule has 30 heavy (non-hydrogen) atoms. The Labute approximate surface area is 184 Å². The molecule has 1 aliphatic carbocycles. The Morgan fingerprint density at radius 1 is 1.07 bits per heavy atom. The molecule has 0 N–H and O–H groups in total. The number of amides is 1. The summed E-state index contributed by atoms with van der Waals surface area (Å²) in [5.74, 6) is 1.25. The van der Waals surface area contributed by atoms with Crippen molar-refractivity contribution in [1.82, 2.24) is 20.2 Å². The maximum absolute atomic E-state index is 13.5. The first-order valence-corrected chi connectivity index (χ1v) is 12.3. The zero-order valence-electron chi connectivity index (χ0n) is 16.6. The summed E-state index contributed by atoms with van der Waals surface area (Å²) in [5.41, 5.74) is 2.15. The second-order valence-electron chi connectivity index (χ2n) is 7.60. The molecule has 1 saturated carbocycles. The Bertz CT molecular complexity index is 1020. The zero-order valence-corrected chi connectivity index (χ0v) is 18.2. The molecule has 0 radical (unpaired) electrons. The molecule has 6 nitrogen and oxygen atoms in total. The average Bonchev–Trinajstić information content (AvgIpc) is 3.49. The second-order valence-corrected chi connectivity index (χ2v) is 9.61. The molecule has 1 aromatic heterocycles. The highest BCUT2D eigenvalue weighted by Crippen LogP contribution is 2.43. The molecule has 8 heteroatoms. The van der Waals surface area contributed by atoms with Crippen molar-refractivity contribution < 1.29 is 4.79 Å². The number of hydrogen-bond donors (Lipinski definition) is 0. The molecule has 1 atom stereocenters. The van der Waals surface area contributed by atoms with Crippen LogP contribution < -0.4 is 4.90 Å². The number of thioether (sulfide) groups is 2. The first-order chi connectivity index (χ1) is 14.8. The number of para-hydroxylation sites is 1. The van der Waals surface area contributed by atoms with E-state index in [1.807, 2.05) is 57.7 Å². The lowest BCUT2D eigenvalue weighted by atomic mass is 10.1. The van der Waals surface area contributed by atoms with Gasteiger partial charge in [0.2, 0.25) is 11.1 Å². The normalized spacial score (nSPS) is 19.1. The average molecular weight is 438 g/mol. The molecule has 0 saturated heterocycles. The van der Waals surface area contributed by atoms with Gasteiger partial charge < -0.3 is 4.90 Å². The SMILES string of the molecule is O=C(CSc1nnnn1C1CCCC1)N1c2ccccc2SC[C@H]1c1ccccc1. The third kappa shape index (κ3) is 3.86. The van der Waals surface area contributed by atoms with Crippen LogP contribution in [-0.2, 0) is 4.79 Å². The van der Waals surface area contributed by atoms with Crippen LogP contribution in [0.2, 0.25) is 0 Å². The van der Waals surface area contributed by atoms with Crippen molar-refractivity contribution in [3.05, 3.63) is 60.2 Å². The molecule has 2 aromatic carbocycles. The van der Waals surface area contributed by atoms with Crippen molar-refractivity contribution in [3.63, 3.8) is 0 Å². The Morgan fingerprint density at radius 3 is 2.67 bits per heavy atom. The van der Waals surface area contributed by atoms with Gasteiger partial charge in [-0.3, -0.25) is 4.79 Å². The summed E-state index contributed by atoms with van der Waals surface area (Å²) < 4.78 is 1.92. The van der Waals surface area contributed by atoms with Gasteiger partial charge in [0, 0.05) is 10.6 Å². The monoisotopic (exact) mass is 437 g/mol. The third-order valence-electron chi connectivity index (χ3n) is 5.74. The molecule has 1 fully saturated rings. The van der Waals surface area contributed by atoms with E-state index >= 15 is 0 Å². The largest absolute Gasteiger partial charge is 0.302 e. The van der Waals surface area contributed by atoms with Crippen molar-refractivity contribution in [2.45, 2.75) is 47.8 Å². The van der Waals surface area contributed by atoms with E-state index in [0.717, 1.165) is 39.9 Å². The van der Waals surface area contributed by atoms with Crippen LogP contribution in [0.1, 0.15) is 43.3 Å². The summed E-state index contributed by atoms with van der Waals surface area (Å²) in [6.45, 7) is 0. The van der Waals surface area contributed by atoms with Crippen LogP contribution in [0.25, 0.3) is 0 Å². The minimum Gasteiger partial charge on any atom is -0.302 e. The predicted molar refractivity (Wildman–Crippen MR) is 120 cm³/mol. The molecule has 5 rings (SSSR count). The summed E-state index contributed by atoms with van der Waals surface area (Å²) in [7, 11) is 0. The molecule has 2 aliphatic rings. The molecule has 3 aromatic rings. The summed E-state index contributed by atoms with van der Waals surface area (Å²) in [5, 5.41) is 13.0. The third-order valence-corrected chi connectivity index (χ3v) is 7.80. The molecule has 2 heterocycles. The van der Waals surface area contributed by atoms with Gasteiger partial charge in [-0.2, -0.15) is 0 Å². The van der Waals surface area contributed by atoms with E-state index in [0.29, 0.717) is 11.8 Å². The molecular formula is C22H23N5OS2. The van der Waals surface area contributed by atoms with Crippen LogP contribution in [0.3, 0.4) is 0 Å². The van der Waals surface area contributed by atoms with Crippen molar-refractivity contribution >= 4 is 35.1 Å². The van der Waals surface area contributed by atoms with Gasteiger partial charge >= 0.3 is 0 Å². The van der Waals surface area contributed by atoms with Crippen molar-refractivity contribution in [2.75, 3.05) is 16.4 Å². The lowest BCUT2D eigenvalue weighted by Gasteiger charge is -2.37. The highest BCUT2D eigenvalue weighted by Gasteiger charge is 2.33. The van der Waals surface area contributed by atoms with Gasteiger partial charge in [0.1, 0.15) is 0 Å². The fraction of sp³-hybridized carbons (Fsp3) is 0.364.